The van der Waals surface area contributed by atoms with Crippen molar-refractivity contribution in [3.8, 4) is 0 Å². The Bertz CT molecular complexity index is 335. The lowest BCUT2D eigenvalue weighted by Gasteiger charge is -2.28. The van der Waals surface area contributed by atoms with Gasteiger partial charge in [0.05, 0.1) is 11.3 Å². The number of nitrogens with one attached hydrogen (secondary N) is 1. The molecule has 1 atom stereocenters. The highest BCUT2D eigenvalue weighted by atomic mass is 16.5. The summed E-state index contributed by atoms with van der Waals surface area (Å²) in [5.41, 5.74) is 0.903. The van der Waals surface area contributed by atoms with Crippen molar-refractivity contribution in [3.05, 3.63) is 11.9 Å². The van der Waals surface area contributed by atoms with Crippen molar-refractivity contribution in [2.45, 2.75) is 45.3 Å². The molecule has 1 heterocycles. The van der Waals surface area contributed by atoms with Gasteiger partial charge < -0.3 is 10.1 Å². The molecule has 5 nitrogen and oxygen atoms in total. The van der Waals surface area contributed by atoms with Crippen molar-refractivity contribution in [1.82, 2.24) is 20.3 Å². The molecule has 0 spiro atoms. The summed E-state index contributed by atoms with van der Waals surface area (Å²) in [5, 5.41) is 11.6. The second-order valence-corrected chi connectivity index (χ2v) is 5.01. The number of hydrogen-bond donors (Lipinski definition) is 1. The number of aryl methyl sites for hydroxylation is 1. The van der Waals surface area contributed by atoms with Crippen molar-refractivity contribution in [2.24, 2.45) is 7.05 Å². The van der Waals surface area contributed by atoms with Gasteiger partial charge in [-0.15, -0.1) is 5.10 Å². The summed E-state index contributed by atoms with van der Waals surface area (Å²) in [6, 6.07) is 0.367. The molecular weight excluding hydrogens is 216 g/mol. The van der Waals surface area contributed by atoms with Gasteiger partial charge in [-0.25, -0.2) is 0 Å². The van der Waals surface area contributed by atoms with Crippen LogP contribution in [0.1, 0.15) is 32.9 Å². The van der Waals surface area contributed by atoms with Crippen molar-refractivity contribution in [2.75, 3.05) is 13.7 Å². The summed E-state index contributed by atoms with van der Waals surface area (Å²) in [6.07, 6.45) is 3.80. The summed E-state index contributed by atoms with van der Waals surface area (Å²) >= 11 is 0. The summed E-state index contributed by atoms with van der Waals surface area (Å²) in [4.78, 5) is 0. The molecule has 98 valence electrons. The van der Waals surface area contributed by atoms with E-state index >= 15 is 0 Å². The van der Waals surface area contributed by atoms with E-state index in [0.29, 0.717) is 6.04 Å². The molecule has 17 heavy (non-hydrogen) atoms. The Balaban J connectivity index is 2.60. The lowest BCUT2D eigenvalue weighted by Crippen LogP contribution is -2.39. The Morgan fingerprint density at radius 3 is 2.71 bits per heavy atom. The fraction of sp³-hybridized carbons (Fsp3) is 0.833. The quantitative estimate of drug-likeness (QED) is 0.777. The van der Waals surface area contributed by atoms with E-state index in [1.54, 1.807) is 11.8 Å². The lowest BCUT2D eigenvalue weighted by atomic mass is 9.96. The summed E-state index contributed by atoms with van der Waals surface area (Å²) in [7, 11) is 3.64. The Kier molecular flexibility index (Phi) is 5.08. The molecule has 0 saturated carbocycles. The smallest absolute Gasteiger partial charge is 0.0842 e. The predicted molar refractivity (Wildman–Crippen MR) is 67.9 cm³/mol. The molecule has 0 aliphatic carbocycles. The predicted octanol–water partition coefficient (Wildman–Crippen LogP) is 1.15. The largest absolute Gasteiger partial charge is 0.379 e. The van der Waals surface area contributed by atoms with E-state index in [9.17, 15) is 0 Å². The first-order valence-electron chi connectivity index (χ1n) is 6.10. The summed E-state index contributed by atoms with van der Waals surface area (Å²) in [6.45, 7) is 7.27. The van der Waals surface area contributed by atoms with Crippen LogP contribution in [0.25, 0.3) is 0 Å². The molecule has 1 aromatic heterocycles. The van der Waals surface area contributed by atoms with Crippen molar-refractivity contribution < 1.29 is 4.74 Å². The summed E-state index contributed by atoms with van der Waals surface area (Å²) in [5.74, 6) is 0. The maximum absolute atomic E-state index is 5.48. The van der Waals surface area contributed by atoms with E-state index in [2.05, 4.69) is 36.4 Å². The molecule has 0 radical (unpaired) electrons. The van der Waals surface area contributed by atoms with E-state index in [-0.39, 0.29) is 5.60 Å². The average Bonchev–Trinajstić information content (AvgIpc) is 2.64. The van der Waals surface area contributed by atoms with Crippen LogP contribution in [0.3, 0.4) is 0 Å². The van der Waals surface area contributed by atoms with Crippen molar-refractivity contribution in [1.29, 1.82) is 0 Å². The van der Waals surface area contributed by atoms with Crippen LogP contribution in [-0.4, -0.2) is 40.3 Å². The van der Waals surface area contributed by atoms with Crippen LogP contribution in [0.2, 0.25) is 0 Å². The van der Waals surface area contributed by atoms with Crippen molar-refractivity contribution in [3.63, 3.8) is 0 Å². The Morgan fingerprint density at radius 2 is 2.24 bits per heavy atom. The van der Waals surface area contributed by atoms with Gasteiger partial charge in [0.2, 0.25) is 0 Å². The fourth-order valence-electron chi connectivity index (χ4n) is 1.92. The minimum absolute atomic E-state index is 0.116. The van der Waals surface area contributed by atoms with Crippen LogP contribution in [0.4, 0.5) is 0 Å². The highest BCUT2D eigenvalue weighted by molar-refractivity contribution is 4.97. The van der Waals surface area contributed by atoms with Crippen LogP contribution < -0.4 is 5.32 Å². The third-order valence-corrected chi connectivity index (χ3v) is 2.89. The summed E-state index contributed by atoms with van der Waals surface area (Å²) < 4.78 is 7.21. The van der Waals surface area contributed by atoms with Gasteiger partial charge in [0.25, 0.3) is 0 Å². The number of methoxy groups -OCH3 is 1. The van der Waals surface area contributed by atoms with Gasteiger partial charge in [-0.05, 0) is 26.8 Å². The van der Waals surface area contributed by atoms with Gasteiger partial charge in [-0.2, -0.15) is 0 Å². The van der Waals surface area contributed by atoms with Crippen LogP contribution in [-0.2, 0) is 18.2 Å². The van der Waals surface area contributed by atoms with E-state index in [1.165, 1.54) is 0 Å². The first kappa shape index (κ1) is 14.1. The van der Waals surface area contributed by atoms with E-state index in [0.717, 1.165) is 25.1 Å². The van der Waals surface area contributed by atoms with Crippen LogP contribution in [0, 0.1) is 0 Å². The fourth-order valence-corrected chi connectivity index (χ4v) is 1.92. The van der Waals surface area contributed by atoms with Crippen LogP contribution >= 0.6 is 0 Å². The molecule has 0 saturated heterocycles. The van der Waals surface area contributed by atoms with Gasteiger partial charge in [-0.1, -0.05) is 12.1 Å². The number of hydrogen-bond acceptors (Lipinski definition) is 4. The number of nitrogens with zero attached hydrogens (tertiary/aromatic N) is 3. The van der Waals surface area contributed by atoms with Crippen LogP contribution in [0.15, 0.2) is 6.20 Å². The standard InChI is InChI=1S/C12H24N4O/c1-6-13-10(8-12(2,3)17-5)7-11-9-16(4)15-14-11/h9-10,13H,6-8H2,1-5H3. The zero-order valence-corrected chi connectivity index (χ0v) is 11.5. The number of rotatable bonds is 7. The minimum atomic E-state index is -0.116. The normalized spacial score (nSPS) is 13.9. The molecule has 5 heteroatoms. The number of likely N-dealkylation sites (N-methyl/N-ethyl adjacent to an activating group) is 1. The van der Waals surface area contributed by atoms with Gasteiger partial charge in [0, 0.05) is 32.8 Å². The highest BCUT2D eigenvalue weighted by Gasteiger charge is 2.23. The molecule has 1 N–H and O–H groups in total. The van der Waals surface area contributed by atoms with E-state index < -0.39 is 0 Å². The Hall–Kier alpha value is -0.940. The minimum Gasteiger partial charge on any atom is -0.379 e. The molecule has 0 aliphatic heterocycles. The topological polar surface area (TPSA) is 52.0 Å². The monoisotopic (exact) mass is 240 g/mol. The molecule has 1 rings (SSSR count). The Labute approximate surface area is 104 Å². The van der Waals surface area contributed by atoms with Gasteiger partial charge in [-0.3, -0.25) is 4.68 Å². The molecule has 0 amide bonds. The molecule has 0 fully saturated rings. The van der Waals surface area contributed by atoms with Gasteiger partial charge in [0.1, 0.15) is 0 Å². The molecule has 0 bridgehead atoms. The Morgan fingerprint density at radius 1 is 1.53 bits per heavy atom. The third kappa shape index (κ3) is 4.83. The second-order valence-electron chi connectivity index (χ2n) is 5.01. The van der Waals surface area contributed by atoms with E-state index in [1.807, 2.05) is 13.2 Å². The zero-order chi connectivity index (χ0) is 12.9. The van der Waals surface area contributed by atoms with Crippen LogP contribution in [0.5, 0.6) is 0 Å². The van der Waals surface area contributed by atoms with Crippen molar-refractivity contribution >= 4 is 0 Å². The molecular formula is C12H24N4O. The highest BCUT2D eigenvalue weighted by Crippen LogP contribution is 2.17. The molecule has 0 aromatic carbocycles. The van der Waals surface area contributed by atoms with Gasteiger partial charge >= 0.3 is 0 Å². The van der Waals surface area contributed by atoms with Gasteiger partial charge in [0.15, 0.2) is 0 Å². The first-order valence-corrected chi connectivity index (χ1v) is 6.10. The average molecular weight is 240 g/mol. The maximum Gasteiger partial charge on any atom is 0.0842 e. The maximum atomic E-state index is 5.48. The SMILES string of the molecule is CCNC(Cc1cn(C)nn1)CC(C)(C)OC. The second kappa shape index (κ2) is 6.12. The number of aromatic nitrogens is 3. The number of ether oxygens (including phenoxy) is 1. The first-order chi connectivity index (χ1) is 7.96. The molecule has 1 unspecified atom stereocenters. The molecule has 1 aromatic rings. The third-order valence-electron chi connectivity index (χ3n) is 2.89. The lowest BCUT2D eigenvalue weighted by molar-refractivity contribution is 0.00719. The van der Waals surface area contributed by atoms with E-state index in [4.69, 9.17) is 4.74 Å². The molecule has 0 aliphatic rings. The zero-order valence-electron chi connectivity index (χ0n) is 11.5.